The molecule has 0 bridgehead atoms. The summed E-state index contributed by atoms with van der Waals surface area (Å²) in [7, 11) is 0. The number of carbonyl (C=O) groups excluding carboxylic acids is 1. The Kier molecular flexibility index (Phi) is 3.25. The van der Waals surface area contributed by atoms with Crippen LogP contribution in [0.3, 0.4) is 0 Å². The predicted molar refractivity (Wildman–Crippen MR) is 49.1 cm³/mol. The molecule has 1 aliphatic carbocycles. The summed E-state index contributed by atoms with van der Waals surface area (Å²) in [6.07, 6.45) is 5.50. The maximum absolute atomic E-state index is 10.4. The molecule has 0 fully saturated rings. The van der Waals surface area contributed by atoms with Gasteiger partial charge in [-0.2, -0.15) is 0 Å². The molecular formula is C9H11ClO3. The van der Waals surface area contributed by atoms with Gasteiger partial charge in [0.25, 0.3) is 0 Å². The molecule has 13 heavy (non-hydrogen) atoms. The lowest BCUT2D eigenvalue weighted by molar-refractivity contribution is -0.118. The number of rotatable bonds is 3. The molecule has 0 unspecified atom stereocenters. The first kappa shape index (κ1) is 10.4. The van der Waals surface area contributed by atoms with E-state index >= 15 is 0 Å². The number of halogens is 1. The Morgan fingerprint density at radius 3 is 2.85 bits per heavy atom. The highest BCUT2D eigenvalue weighted by Gasteiger charge is 2.22. The molecule has 0 aromatic rings. The van der Waals surface area contributed by atoms with E-state index < -0.39 is 11.0 Å². The van der Waals surface area contributed by atoms with Gasteiger partial charge in [-0.25, -0.2) is 0 Å². The van der Waals surface area contributed by atoms with Crippen LogP contribution in [0.4, 0.5) is 0 Å². The van der Waals surface area contributed by atoms with Gasteiger partial charge >= 0.3 is 0 Å². The van der Waals surface area contributed by atoms with Crippen molar-refractivity contribution in [2.24, 2.45) is 0 Å². The predicted octanol–water partition coefficient (Wildman–Crippen LogP) is 1.10. The fourth-order valence-corrected chi connectivity index (χ4v) is 1.32. The zero-order chi connectivity index (χ0) is 9.90. The van der Waals surface area contributed by atoms with E-state index in [1.54, 1.807) is 12.2 Å². The normalized spacial score (nSPS) is 19.8. The number of hydrogen-bond acceptors (Lipinski definition) is 3. The van der Waals surface area contributed by atoms with Crippen LogP contribution in [0.1, 0.15) is 19.3 Å². The quantitative estimate of drug-likeness (QED) is 0.532. The van der Waals surface area contributed by atoms with E-state index in [1.165, 1.54) is 6.08 Å². The Hall–Kier alpha value is -0.640. The van der Waals surface area contributed by atoms with Crippen LogP contribution in [0.5, 0.6) is 0 Å². The van der Waals surface area contributed by atoms with Crippen molar-refractivity contribution in [3.63, 3.8) is 0 Å². The zero-order valence-electron chi connectivity index (χ0n) is 7.03. The van der Waals surface area contributed by atoms with Crippen LogP contribution in [0.25, 0.3) is 0 Å². The Balaban J connectivity index is 2.48. The average molecular weight is 203 g/mol. The van der Waals surface area contributed by atoms with Crippen molar-refractivity contribution in [1.82, 2.24) is 0 Å². The van der Waals surface area contributed by atoms with Gasteiger partial charge in [0.2, 0.25) is 5.24 Å². The minimum absolute atomic E-state index is 0.146. The van der Waals surface area contributed by atoms with Crippen LogP contribution in [-0.2, 0) is 4.79 Å². The van der Waals surface area contributed by atoms with Crippen molar-refractivity contribution in [1.29, 1.82) is 0 Å². The molecule has 4 heteroatoms. The molecular weight excluding hydrogens is 192 g/mol. The maximum atomic E-state index is 10.4. The van der Waals surface area contributed by atoms with Crippen LogP contribution >= 0.6 is 11.6 Å². The summed E-state index contributed by atoms with van der Waals surface area (Å²) in [5.74, 6) is -1.76. The second-order valence-electron chi connectivity index (χ2n) is 3.09. The second kappa shape index (κ2) is 4.05. The fraction of sp³-hybridized carbons (Fsp3) is 0.444. The summed E-state index contributed by atoms with van der Waals surface area (Å²) in [6, 6.07) is 0. The van der Waals surface area contributed by atoms with Crippen molar-refractivity contribution >= 4 is 16.8 Å². The van der Waals surface area contributed by atoms with Gasteiger partial charge in [0.05, 0.1) is 0 Å². The van der Waals surface area contributed by atoms with Crippen molar-refractivity contribution in [3.8, 4) is 0 Å². The molecule has 0 aromatic carbocycles. The third-order valence-corrected chi connectivity index (χ3v) is 2.01. The second-order valence-corrected chi connectivity index (χ2v) is 3.52. The van der Waals surface area contributed by atoms with Crippen molar-refractivity contribution < 1.29 is 15.0 Å². The lowest BCUT2D eigenvalue weighted by Gasteiger charge is -2.21. The molecule has 1 aliphatic rings. The Labute approximate surface area is 81.3 Å². The van der Waals surface area contributed by atoms with Gasteiger partial charge in [-0.1, -0.05) is 17.7 Å². The van der Waals surface area contributed by atoms with E-state index in [0.717, 1.165) is 5.57 Å². The molecule has 72 valence electrons. The smallest absolute Gasteiger partial charge is 0.221 e. The number of aliphatic hydroxyl groups is 2. The minimum Gasteiger partial charge on any atom is -0.362 e. The van der Waals surface area contributed by atoms with Crippen LogP contribution in [-0.4, -0.2) is 21.2 Å². The molecule has 0 amide bonds. The third kappa shape index (κ3) is 3.72. The highest BCUT2D eigenvalue weighted by Crippen LogP contribution is 2.23. The molecule has 0 heterocycles. The molecule has 0 atom stereocenters. The summed E-state index contributed by atoms with van der Waals surface area (Å²) in [5.41, 5.74) is 0.821. The standard InChI is InChI=1S/C9H11ClO3/c10-8(11)4-3-7-2-1-5-9(12,13)6-7/h1-2,5,12-13H,3-4,6H2. The van der Waals surface area contributed by atoms with Crippen molar-refractivity contribution in [2.45, 2.75) is 25.0 Å². The van der Waals surface area contributed by atoms with Crippen LogP contribution < -0.4 is 0 Å². The van der Waals surface area contributed by atoms with E-state index in [0.29, 0.717) is 6.42 Å². The largest absolute Gasteiger partial charge is 0.362 e. The first-order valence-corrected chi connectivity index (χ1v) is 4.38. The SMILES string of the molecule is O=C(Cl)CCC1=CC=CC(O)(O)C1. The average Bonchev–Trinajstić information content (AvgIpc) is 1.99. The topological polar surface area (TPSA) is 57.5 Å². The molecule has 0 spiro atoms. The monoisotopic (exact) mass is 202 g/mol. The minimum atomic E-state index is -1.76. The van der Waals surface area contributed by atoms with Gasteiger partial charge in [0.15, 0.2) is 5.79 Å². The molecule has 2 N–H and O–H groups in total. The van der Waals surface area contributed by atoms with E-state index in [-0.39, 0.29) is 12.8 Å². The van der Waals surface area contributed by atoms with Crippen LogP contribution in [0.2, 0.25) is 0 Å². The summed E-state index contributed by atoms with van der Waals surface area (Å²) < 4.78 is 0. The van der Waals surface area contributed by atoms with Gasteiger partial charge in [-0.3, -0.25) is 4.79 Å². The fourth-order valence-electron chi connectivity index (χ4n) is 1.22. The Morgan fingerprint density at radius 2 is 2.31 bits per heavy atom. The maximum Gasteiger partial charge on any atom is 0.221 e. The van der Waals surface area contributed by atoms with Gasteiger partial charge in [-0.15, -0.1) is 0 Å². The summed E-state index contributed by atoms with van der Waals surface area (Å²) >= 11 is 5.16. The van der Waals surface area contributed by atoms with Crippen LogP contribution in [0, 0.1) is 0 Å². The lowest BCUT2D eigenvalue weighted by atomic mass is 9.96. The van der Waals surface area contributed by atoms with Gasteiger partial charge in [0.1, 0.15) is 0 Å². The van der Waals surface area contributed by atoms with E-state index in [1.807, 2.05) is 0 Å². The first-order chi connectivity index (χ1) is 5.99. The Bertz CT molecular complexity index is 266. The van der Waals surface area contributed by atoms with Crippen molar-refractivity contribution in [2.75, 3.05) is 0 Å². The number of carbonyl (C=O) groups is 1. The summed E-state index contributed by atoms with van der Waals surface area (Å²) in [6.45, 7) is 0. The number of allylic oxidation sites excluding steroid dienone is 2. The van der Waals surface area contributed by atoms with Gasteiger partial charge in [-0.05, 0) is 24.1 Å². The van der Waals surface area contributed by atoms with E-state index in [9.17, 15) is 15.0 Å². The van der Waals surface area contributed by atoms with Gasteiger partial charge < -0.3 is 10.2 Å². The molecule has 0 aromatic heterocycles. The van der Waals surface area contributed by atoms with E-state index in [4.69, 9.17) is 11.6 Å². The zero-order valence-corrected chi connectivity index (χ0v) is 7.79. The molecule has 3 nitrogen and oxygen atoms in total. The lowest BCUT2D eigenvalue weighted by Crippen LogP contribution is -2.27. The highest BCUT2D eigenvalue weighted by molar-refractivity contribution is 6.63. The van der Waals surface area contributed by atoms with Crippen molar-refractivity contribution in [3.05, 3.63) is 23.8 Å². The summed E-state index contributed by atoms with van der Waals surface area (Å²) in [5, 5.41) is 18.0. The molecule has 1 rings (SSSR count). The molecule has 0 saturated carbocycles. The van der Waals surface area contributed by atoms with E-state index in [2.05, 4.69) is 0 Å². The number of hydrogen-bond donors (Lipinski definition) is 2. The van der Waals surface area contributed by atoms with Gasteiger partial charge in [0, 0.05) is 12.8 Å². The van der Waals surface area contributed by atoms with Crippen LogP contribution in [0.15, 0.2) is 23.8 Å². The third-order valence-electron chi connectivity index (χ3n) is 1.82. The highest BCUT2D eigenvalue weighted by atomic mass is 35.5. The Morgan fingerprint density at radius 1 is 1.62 bits per heavy atom. The molecule has 0 saturated heterocycles. The molecule has 0 radical (unpaired) electrons. The first-order valence-electron chi connectivity index (χ1n) is 4.00. The summed E-state index contributed by atoms with van der Waals surface area (Å²) in [4.78, 5) is 10.4. The molecule has 0 aliphatic heterocycles.